The molecule has 2 aromatic heterocycles. The highest BCUT2D eigenvalue weighted by atomic mass is 16.1. The lowest BCUT2D eigenvalue weighted by Crippen LogP contribution is -2.49. The van der Waals surface area contributed by atoms with Gasteiger partial charge in [-0.15, -0.1) is 5.10 Å². The highest BCUT2D eigenvalue weighted by Crippen LogP contribution is 2.34. The molecule has 0 radical (unpaired) electrons. The molecule has 1 N–H and O–H groups in total. The fourth-order valence-corrected chi connectivity index (χ4v) is 5.95. The van der Waals surface area contributed by atoms with Gasteiger partial charge in [-0.25, -0.2) is 4.68 Å². The van der Waals surface area contributed by atoms with Gasteiger partial charge in [0, 0.05) is 37.4 Å². The molecule has 3 heterocycles. The zero-order chi connectivity index (χ0) is 24.5. The molecule has 0 spiro atoms. The molecular weight excluding hydrogens is 450 g/mol. The van der Waals surface area contributed by atoms with Gasteiger partial charge >= 0.3 is 0 Å². The van der Waals surface area contributed by atoms with E-state index in [1.165, 1.54) is 24.9 Å². The number of para-hydroxylation sites is 2. The minimum absolute atomic E-state index is 0.0644. The number of H-pyrrole nitrogens is 1. The van der Waals surface area contributed by atoms with Crippen LogP contribution in [0.2, 0.25) is 0 Å². The van der Waals surface area contributed by atoms with Crippen molar-refractivity contribution < 1.29 is 0 Å². The monoisotopic (exact) mass is 483 g/mol. The first kappa shape index (κ1) is 22.9. The Kier molecular flexibility index (Phi) is 6.27. The van der Waals surface area contributed by atoms with Crippen LogP contribution in [0.4, 0.5) is 5.69 Å². The van der Waals surface area contributed by atoms with Crippen LogP contribution in [0.5, 0.6) is 0 Å². The molecule has 1 saturated heterocycles. The number of hydrogen-bond donors (Lipinski definition) is 1. The summed E-state index contributed by atoms with van der Waals surface area (Å²) in [6.45, 7) is 5.44. The Balaban J connectivity index is 1.40. The van der Waals surface area contributed by atoms with E-state index < -0.39 is 0 Å². The maximum absolute atomic E-state index is 13.6. The van der Waals surface area contributed by atoms with E-state index in [0.29, 0.717) is 11.6 Å². The fourth-order valence-electron chi connectivity index (χ4n) is 5.95. The van der Waals surface area contributed by atoms with Crippen LogP contribution in [-0.4, -0.2) is 56.3 Å². The summed E-state index contributed by atoms with van der Waals surface area (Å²) < 4.78 is 2.02. The van der Waals surface area contributed by atoms with Gasteiger partial charge in [-0.2, -0.15) is 0 Å². The van der Waals surface area contributed by atoms with Crippen molar-refractivity contribution in [3.63, 3.8) is 0 Å². The standard InChI is InChI=1S/C28H33N7O/c1-20-9-8-10-21-19-24(28(36)29-25(20)21)26(27-30-31-32-35(27)23-13-6-3-7-14-23)34-17-15-33(16-18-34)22-11-4-2-5-12-22/h2,4-5,8-12,19,23,26H,3,6-7,13-18H2,1H3,(H,29,36)/t26-/m0/s1. The van der Waals surface area contributed by atoms with E-state index in [1.807, 2.05) is 23.7 Å². The van der Waals surface area contributed by atoms with Crippen LogP contribution >= 0.6 is 0 Å². The predicted molar refractivity (Wildman–Crippen MR) is 141 cm³/mol. The number of hydrogen-bond acceptors (Lipinski definition) is 6. The molecule has 1 aliphatic carbocycles. The molecule has 1 aliphatic heterocycles. The molecule has 36 heavy (non-hydrogen) atoms. The predicted octanol–water partition coefficient (Wildman–Crippen LogP) is 4.24. The molecule has 0 amide bonds. The molecular formula is C28H33N7O. The number of piperazine rings is 1. The van der Waals surface area contributed by atoms with Gasteiger partial charge in [-0.1, -0.05) is 55.7 Å². The maximum Gasteiger partial charge on any atom is 0.253 e. The summed E-state index contributed by atoms with van der Waals surface area (Å²) in [7, 11) is 0. The van der Waals surface area contributed by atoms with E-state index >= 15 is 0 Å². The van der Waals surface area contributed by atoms with Crippen LogP contribution in [0, 0.1) is 6.92 Å². The summed E-state index contributed by atoms with van der Waals surface area (Å²) in [6, 6.07) is 18.7. The third-order valence-electron chi connectivity index (χ3n) is 7.90. The normalized spacial score (nSPS) is 18.5. The number of tetrazole rings is 1. The first-order valence-corrected chi connectivity index (χ1v) is 13.1. The van der Waals surface area contributed by atoms with E-state index in [-0.39, 0.29) is 11.6 Å². The largest absolute Gasteiger partial charge is 0.369 e. The second-order valence-corrected chi connectivity index (χ2v) is 10.1. The average Bonchev–Trinajstić information content (AvgIpc) is 3.41. The minimum atomic E-state index is -0.298. The van der Waals surface area contributed by atoms with Crippen molar-refractivity contribution in [1.82, 2.24) is 30.1 Å². The molecule has 8 nitrogen and oxygen atoms in total. The first-order chi connectivity index (χ1) is 17.7. The lowest BCUT2D eigenvalue weighted by Gasteiger charge is -2.40. The van der Waals surface area contributed by atoms with Gasteiger partial charge in [0.2, 0.25) is 0 Å². The number of anilines is 1. The van der Waals surface area contributed by atoms with Gasteiger partial charge in [0.1, 0.15) is 6.04 Å². The number of aromatic amines is 1. The van der Waals surface area contributed by atoms with Crippen molar-refractivity contribution in [2.45, 2.75) is 51.1 Å². The van der Waals surface area contributed by atoms with Gasteiger partial charge in [0.25, 0.3) is 5.56 Å². The highest BCUT2D eigenvalue weighted by Gasteiger charge is 2.34. The number of fused-ring (bicyclic) bond motifs is 1. The smallest absolute Gasteiger partial charge is 0.253 e. The van der Waals surface area contributed by atoms with Gasteiger partial charge in [0.05, 0.1) is 11.6 Å². The van der Waals surface area contributed by atoms with Crippen molar-refractivity contribution in [2.24, 2.45) is 0 Å². The lowest BCUT2D eigenvalue weighted by atomic mass is 9.95. The second kappa shape index (κ2) is 9.85. The molecule has 1 atom stereocenters. The minimum Gasteiger partial charge on any atom is -0.369 e. The summed E-state index contributed by atoms with van der Waals surface area (Å²) >= 11 is 0. The van der Waals surface area contributed by atoms with Crippen LogP contribution in [0.15, 0.2) is 59.4 Å². The van der Waals surface area contributed by atoms with Gasteiger partial charge < -0.3 is 9.88 Å². The van der Waals surface area contributed by atoms with Crippen LogP contribution in [0.3, 0.4) is 0 Å². The molecule has 6 rings (SSSR count). The van der Waals surface area contributed by atoms with Gasteiger partial charge in [-0.05, 0) is 59.3 Å². The zero-order valence-corrected chi connectivity index (χ0v) is 20.8. The number of nitrogens with zero attached hydrogens (tertiary/aromatic N) is 6. The SMILES string of the molecule is Cc1cccc2cc([C@@H](c3nnnn3C3CCCCC3)N3CCN(c4ccccc4)CC3)c(=O)[nH]c12. The van der Waals surface area contributed by atoms with Crippen LogP contribution in [-0.2, 0) is 0 Å². The summed E-state index contributed by atoms with van der Waals surface area (Å²) in [5.41, 5.74) is 3.85. The van der Waals surface area contributed by atoms with Crippen LogP contribution in [0.1, 0.15) is 61.1 Å². The number of nitrogens with one attached hydrogen (secondary N) is 1. The zero-order valence-electron chi connectivity index (χ0n) is 20.8. The highest BCUT2D eigenvalue weighted by molar-refractivity contribution is 5.82. The Morgan fingerprint density at radius 2 is 1.72 bits per heavy atom. The third-order valence-corrected chi connectivity index (χ3v) is 7.90. The Morgan fingerprint density at radius 1 is 0.944 bits per heavy atom. The summed E-state index contributed by atoms with van der Waals surface area (Å²) in [5, 5.41) is 14.2. The van der Waals surface area contributed by atoms with Crippen molar-refractivity contribution in [3.8, 4) is 0 Å². The van der Waals surface area contributed by atoms with Gasteiger partial charge in [0.15, 0.2) is 5.82 Å². The average molecular weight is 484 g/mol. The van der Waals surface area contributed by atoms with Crippen molar-refractivity contribution >= 4 is 16.6 Å². The Morgan fingerprint density at radius 3 is 2.50 bits per heavy atom. The number of rotatable bonds is 5. The van der Waals surface area contributed by atoms with E-state index in [2.05, 4.69) is 72.8 Å². The first-order valence-electron chi connectivity index (χ1n) is 13.1. The molecule has 0 unspecified atom stereocenters. The molecule has 186 valence electrons. The molecule has 4 aromatic rings. The molecule has 2 aromatic carbocycles. The molecule has 2 aliphatic rings. The van der Waals surface area contributed by atoms with Crippen molar-refractivity contribution in [1.29, 1.82) is 0 Å². The fraction of sp³-hybridized carbons (Fsp3) is 0.429. The van der Waals surface area contributed by atoms with E-state index in [9.17, 15) is 4.79 Å². The Hall–Kier alpha value is -3.52. The van der Waals surface area contributed by atoms with Gasteiger partial charge in [-0.3, -0.25) is 9.69 Å². The maximum atomic E-state index is 13.6. The summed E-state index contributed by atoms with van der Waals surface area (Å²) in [4.78, 5) is 21.5. The Labute approximate surface area is 210 Å². The third kappa shape index (κ3) is 4.30. The van der Waals surface area contributed by atoms with E-state index in [0.717, 1.165) is 61.3 Å². The number of aromatic nitrogens is 5. The van der Waals surface area contributed by atoms with Crippen molar-refractivity contribution in [3.05, 3.63) is 81.9 Å². The molecule has 1 saturated carbocycles. The van der Waals surface area contributed by atoms with Crippen molar-refractivity contribution in [2.75, 3.05) is 31.1 Å². The molecule has 2 fully saturated rings. The summed E-state index contributed by atoms with van der Waals surface area (Å²) in [5.74, 6) is 0.785. The number of aryl methyl sites for hydroxylation is 1. The number of pyridine rings is 1. The molecule has 0 bridgehead atoms. The van der Waals surface area contributed by atoms with Crippen LogP contribution < -0.4 is 10.5 Å². The topological polar surface area (TPSA) is 82.9 Å². The Bertz CT molecular complexity index is 1380. The number of benzene rings is 2. The second-order valence-electron chi connectivity index (χ2n) is 10.1. The quantitative estimate of drug-likeness (QED) is 0.457. The summed E-state index contributed by atoms with van der Waals surface area (Å²) in [6.07, 6.45) is 5.82. The van der Waals surface area contributed by atoms with Crippen LogP contribution in [0.25, 0.3) is 10.9 Å². The van der Waals surface area contributed by atoms with E-state index in [4.69, 9.17) is 0 Å². The molecule has 8 heteroatoms. The van der Waals surface area contributed by atoms with E-state index in [1.54, 1.807) is 0 Å². The lowest BCUT2D eigenvalue weighted by molar-refractivity contribution is 0.192.